The van der Waals surface area contributed by atoms with E-state index in [1.807, 2.05) is 55.5 Å². The Balaban J connectivity index is 1.49. The van der Waals surface area contributed by atoms with Crippen molar-refractivity contribution >= 4 is 11.6 Å². The highest BCUT2D eigenvalue weighted by atomic mass is 19.1. The molecule has 160 valence electrons. The molecular weight excluding hydrogens is 393 g/mol. The molecule has 0 saturated carbocycles. The second kappa shape index (κ2) is 9.31. The lowest BCUT2D eigenvalue weighted by Crippen LogP contribution is -2.44. The fourth-order valence-corrected chi connectivity index (χ4v) is 4.01. The molecule has 1 saturated heterocycles. The molecule has 3 aromatic rings. The van der Waals surface area contributed by atoms with Crippen molar-refractivity contribution in [2.24, 2.45) is 0 Å². The maximum Gasteiger partial charge on any atom is 0.235 e. The Labute approximate surface area is 182 Å². The number of aryl methyl sites for hydroxylation is 1. The SMILES string of the molecule is Cc1cc(NC(=O)C2(c3ccc(F)cc3)CCOCC2)ccc1OCc1ccccc1. The predicted octanol–water partition coefficient (Wildman–Crippen LogP) is 5.40. The number of rotatable bonds is 6. The molecule has 1 aliphatic heterocycles. The Hall–Kier alpha value is -3.18. The first-order chi connectivity index (χ1) is 15.1. The van der Waals surface area contributed by atoms with Gasteiger partial charge in [0.2, 0.25) is 5.91 Å². The number of carbonyl (C=O) groups is 1. The van der Waals surface area contributed by atoms with Crippen molar-refractivity contribution in [3.63, 3.8) is 0 Å². The van der Waals surface area contributed by atoms with E-state index in [1.54, 1.807) is 12.1 Å². The Morgan fingerprint density at radius 3 is 2.42 bits per heavy atom. The smallest absolute Gasteiger partial charge is 0.235 e. The molecule has 0 aliphatic carbocycles. The van der Waals surface area contributed by atoms with Gasteiger partial charge in [0, 0.05) is 18.9 Å². The summed E-state index contributed by atoms with van der Waals surface area (Å²) in [5, 5.41) is 3.06. The first kappa shape index (κ1) is 21.1. The van der Waals surface area contributed by atoms with Gasteiger partial charge in [-0.2, -0.15) is 0 Å². The molecule has 1 N–H and O–H groups in total. The molecule has 4 nitrogen and oxygen atoms in total. The van der Waals surface area contributed by atoms with Crippen molar-refractivity contribution in [1.29, 1.82) is 0 Å². The highest BCUT2D eigenvalue weighted by Gasteiger charge is 2.41. The van der Waals surface area contributed by atoms with Crippen LogP contribution in [-0.2, 0) is 21.6 Å². The average Bonchev–Trinajstić information content (AvgIpc) is 2.80. The highest BCUT2D eigenvalue weighted by molar-refractivity contribution is 5.99. The third-order valence-electron chi connectivity index (χ3n) is 5.85. The first-order valence-electron chi connectivity index (χ1n) is 10.5. The maximum atomic E-state index is 13.4. The van der Waals surface area contributed by atoms with Crippen molar-refractivity contribution in [2.45, 2.75) is 31.8 Å². The third kappa shape index (κ3) is 4.78. The predicted molar refractivity (Wildman–Crippen MR) is 119 cm³/mol. The molecule has 31 heavy (non-hydrogen) atoms. The Bertz CT molecular complexity index is 1030. The number of halogens is 1. The molecule has 0 bridgehead atoms. The van der Waals surface area contributed by atoms with E-state index in [0.29, 0.717) is 38.3 Å². The van der Waals surface area contributed by atoms with Crippen LogP contribution in [0.4, 0.5) is 10.1 Å². The van der Waals surface area contributed by atoms with Crippen LogP contribution in [-0.4, -0.2) is 19.1 Å². The van der Waals surface area contributed by atoms with Crippen LogP contribution in [0.15, 0.2) is 72.8 Å². The zero-order chi connectivity index (χ0) is 21.7. The number of nitrogens with one attached hydrogen (secondary N) is 1. The molecule has 0 unspecified atom stereocenters. The summed E-state index contributed by atoms with van der Waals surface area (Å²) in [5.41, 5.74) is 2.83. The molecule has 0 radical (unpaired) electrons. The number of anilines is 1. The number of hydrogen-bond donors (Lipinski definition) is 1. The van der Waals surface area contributed by atoms with Crippen LogP contribution in [0.5, 0.6) is 5.75 Å². The van der Waals surface area contributed by atoms with Gasteiger partial charge in [0.25, 0.3) is 0 Å². The van der Waals surface area contributed by atoms with Crippen LogP contribution in [0.1, 0.15) is 29.5 Å². The molecule has 1 heterocycles. The Morgan fingerprint density at radius 1 is 1.03 bits per heavy atom. The number of carbonyl (C=O) groups excluding carboxylic acids is 1. The summed E-state index contributed by atoms with van der Waals surface area (Å²) < 4.78 is 24.9. The minimum absolute atomic E-state index is 0.0974. The van der Waals surface area contributed by atoms with Crippen molar-refractivity contribution in [2.75, 3.05) is 18.5 Å². The monoisotopic (exact) mass is 419 g/mol. The fraction of sp³-hybridized carbons (Fsp3) is 0.269. The van der Waals surface area contributed by atoms with Gasteiger partial charge in [-0.05, 0) is 66.8 Å². The summed E-state index contributed by atoms with van der Waals surface area (Å²) in [6, 6.07) is 21.8. The summed E-state index contributed by atoms with van der Waals surface area (Å²) in [4.78, 5) is 13.4. The summed E-state index contributed by atoms with van der Waals surface area (Å²) in [5.74, 6) is 0.369. The summed E-state index contributed by atoms with van der Waals surface area (Å²) in [6.07, 6.45) is 1.11. The molecule has 0 atom stereocenters. The lowest BCUT2D eigenvalue weighted by atomic mass is 9.73. The van der Waals surface area contributed by atoms with Crippen LogP contribution in [0.2, 0.25) is 0 Å². The van der Waals surface area contributed by atoms with E-state index in [4.69, 9.17) is 9.47 Å². The molecule has 5 heteroatoms. The number of hydrogen-bond acceptors (Lipinski definition) is 3. The van der Waals surface area contributed by atoms with Crippen molar-refractivity contribution in [3.8, 4) is 5.75 Å². The quantitative estimate of drug-likeness (QED) is 0.582. The molecule has 4 rings (SSSR count). The second-order valence-corrected chi connectivity index (χ2v) is 7.91. The van der Waals surface area contributed by atoms with Gasteiger partial charge in [-0.1, -0.05) is 42.5 Å². The van der Waals surface area contributed by atoms with Crippen LogP contribution >= 0.6 is 0 Å². The van der Waals surface area contributed by atoms with Gasteiger partial charge >= 0.3 is 0 Å². The minimum atomic E-state index is -0.734. The third-order valence-corrected chi connectivity index (χ3v) is 5.85. The highest BCUT2D eigenvalue weighted by Crippen LogP contribution is 2.36. The molecule has 1 fully saturated rings. The van der Waals surface area contributed by atoms with Crippen LogP contribution in [0, 0.1) is 12.7 Å². The maximum absolute atomic E-state index is 13.4. The fourth-order valence-electron chi connectivity index (χ4n) is 4.01. The van der Waals surface area contributed by atoms with E-state index in [1.165, 1.54) is 12.1 Å². The zero-order valence-electron chi connectivity index (χ0n) is 17.6. The molecule has 1 amide bonds. The lowest BCUT2D eigenvalue weighted by molar-refractivity contribution is -0.125. The minimum Gasteiger partial charge on any atom is -0.489 e. The van der Waals surface area contributed by atoms with E-state index in [9.17, 15) is 9.18 Å². The normalized spacial score (nSPS) is 15.3. The Kier molecular flexibility index (Phi) is 6.33. The molecule has 0 spiro atoms. The lowest BCUT2D eigenvalue weighted by Gasteiger charge is -2.36. The van der Waals surface area contributed by atoms with Crippen LogP contribution in [0.3, 0.4) is 0 Å². The van der Waals surface area contributed by atoms with Gasteiger partial charge in [0.1, 0.15) is 18.2 Å². The standard InChI is InChI=1S/C26H26FNO3/c1-19-17-23(11-12-24(19)31-18-20-5-3-2-4-6-20)28-25(29)26(13-15-30-16-14-26)21-7-9-22(27)10-8-21/h2-12,17H,13-16,18H2,1H3,(H,28,29). The van der Waals surface area contributed by atoms with Crippen LogP contribution in [0.25, 0.3) is 0 Å². The van der Waals surface area contributed by atoms with Crippen molar-refractivity contribution in [1.82, 2.24) is 0 Å². The largest absolute Gasteiger partial charge is 0.489 e. The van der Waals surface area contributed by atoms with Gasteiger partial charge in [-0.15, -0.1) is 0 Å². The number of benzene rings is 3. The molecule has 3 aromatic carbocycles. The van der Waals surface area contributed by atoms with Gasteiger partial charge in [0.15, 0.2) is 0 Å². The van der Waals surface area contributed by atoms with E-state index < -0.39 is 5.41 Å². The summed E-state index contributed by atoms with van der Waals surface area (Å²) in [6.45, 7) is 3.44. The Morgan fingerprint density at radius 2 is 1.74 bits per heavy atom. The van der Waals surface area contributed by atoms with Gasteiger partial charge in [-0.3, -0.25) is 4.79 Å². The summed E-state index contributed by atoms with van der Waals surface area (Å²) in [7, 11) is 0. The van der Waals surface area contributed by atoms with E-state index in [-0.39, 0.29) is 11.7 Å². The van der Waals surface area contributed by atoms with Gasteiger partial charge in [-0.25, -0.2) is 4.39 Å². The average molecular weight is 419 g/mol. The second-order valence-electron chi connectivity index (χ2n) is 7.91. The number of amides is 1. The van der Waals surface area contributed by atoms with E-state index in [0.717, 1.165) is 22.4 Å². The zero-order valence-corrected chi connectivity index (χ0v) is 17.6. The molecule has 0 aromatic heterocycles. The number of ether oxygens (including phenoxy) is 2. The van der Waals surface area contributed by atoms with Gasteiger partial charge < -0.3 is 14.8 Å². The van der Waals surface area contributed by atoms with Crippen molar-refractivity contribution in [3.05, 3.63) is 95.3 Å². The van der Waals surface area contributed by atoms with Crippen LogP contribution < -0.4 is 10.1 Å². The van der Waals surface area contributed by atoms with Crippen molar-refractivity contribution < 1.29 is 18.7 Å². The topological polar surface area (TPSA) is 47.6 Å². The molecular formula is C26H26FNO3. The van der Waals surface area contributed by atoms with E-state index in [2.05, 4.69) is 5.32 Å². The molecule has 1 aliphatic rings. The van der Waals surface area contributed by atoms with E-state index >= 15 is 0 Å². The summed E-state index contributed by atoms with van der Waals surface area (Å²) >= 11 is 0. The van der Waals surface area contributed by atoms with Gasteiger partial charge in [0.05, 0.1) is 5.41 Å². The first-order valence-corrected chi connectivity index (χ1v) is 10.5.